The number of aliphatic hydroxyl groups excluding tert-OH is 11. The molecule has 3 aliphatic heterocycles. The van der Waals surface area contributed by atoms with Gasteiger partial charge in [-0.15, -0.1) is 0 Å². The Bertz CT molecular complexity index is 1810. The summed E-state index contributed by atoms with van der Waals surface area (Å²) >= 11 is 0. The molecule has 0 bridgehead atoms. The third-order valence-corrected chi connectivity index (χ3v) is 18.7. The van der Waals surface area contributed by atoms with Crippen molar-refractivity contribution in [2.24, 2.45) is 0 Å². The highest BCUT2D eigenvalue weighted by Gasteiger charge is 2.53. The van der Waals surface area contributed by atoms with Gasteiger partial charge in [-0.3, -0.25) is 4.79 Å². The van der Waals surface area contributed by atoms with Gasteiger partial charge in [0.15, 0.2) is 18.9 Å². The number of hydrogen-bond donors (Lipinski definition) is 12. The predicted molar refractivity (Wildman–Crippen MR) is 360 cm³/mol. The van der Waals surface area contributed by atoms with Gasteiger partial charge < -0.3 is 89.9 Å². The number of hydrogen-bond acceptors (Lipinski definition) is 18. The summed E-state index contributed by atoms with van der Waals surface area (Å²) < 4.78 is 34.5. The molecule has 540 valence electrons. The van der Waals surface area contributed by atoms with Crippen LogP contribution >= 0.6 is 0 Å². The van der Waals surface area contributed by atoms with Crippen LogP contribution in [0.2, 0.25) is 0 Å². The lowest BCUT2D eigenvalue weighted by Gasteiger charge is -2.48. The highest BCUT2D eigenvalue weighted by atomic mass is 16.8. The second kappa shape index (κ2) is 55.0. The minimum absolute atomic E-state index is 0.242. The van der Waals surface area contributed by atoms with Crippen molar-refractivity contribution in [2.75, 3.05) is 26.4 Å². The first kappa shape index (κ1) is 84.2. The average Bonchev–Trinajstić information content (AvgIpc) is 0.854. The normalized spacial score (nSPS) is 27.9. The van der Waals surface area contributed by atoms with Crippen LogP contribution in [0.3, 0.4) is 0 Å². The van der Waals surface area contributed by atoms with Gasteiger partial charge in [0.1, 0.15) is 73.2 Å². The van der Waals surface area contributed by atoms with Crippen LogP contribution < -0.4 is 5.32 Å². The zero-order valence-corrected chi connectivity index (χ0v) is 57.3. The van der Waals surface area contributed by atoms with Gasteiger partial charge in [-0.1, -0.05) is 269 Å². The molecule has 3 heterocycles. The van der Waals surface area contributed by atoms with Crippen LogP contribution in [0.25, 0.3) is 0 Å². The maximum Gasteiger partial charge on any atom is 0.220 e. The number of aliphatic hydroxyl groups is 11. The van der Waals surface area contributed by atoms with Crippen molar-refractivity contribution in [3.05, 3.63) is 36.5 Å². The first-order valence-corrected chi connectivity index (χ1v) is 37.2. The summed E-state index contributed by atoms with van der Waals surface area (Å²) in [5.74, 6) is -0.242. The van der Waals surface area contributed by atoms with Crippen LogP contribution in [-0.2, 0) is 33.2 Å². The van der Waals surface area contributed by atoms with Crippen LogP contribution in [0, 0.1) is 0 Å². The minimum Gasteiger partial charge on any atom is -0.394 e. The average molecular weight is 1310 g/mol. The number of rotatable bonds is 58. The number of carbonyl (C=O) groups is 1. The Morgan fingerprint density at radius 1 is 0.391 bits per heavy atom. The van der Waals surface area contributed by atoms with Gasteiger partial charge in [0.25, 0.3) is 0 Å². The van der Waals surface area contributed by atoms with E-state index in [1.54, 1.807) is 0 Å². The third-order valence-electron chi connectivity index (χ3n) is 18.7. The van der Waals surface area contributed by atoms with E-state index >= 15 is 0 Å². The van der Waals surface area contributed by atoms with E-state index in [0.717, 1.165) is 64.2 Å². The molecule has 0 aliphatic carbocycles. The lowest BCUT2D eigenvalue weighted by Crippen LogP contribution is -2.66. The summed E-state index contributed by atoms with van der Waals surface area (Å²) in [5, 5.41) is 121. The maximum atomic E-state index is 13.5. The monoisotopic (exact) mass is 1310 g/mol. The van der Waals surface area contributed by atoms with Crippen LogP contribution in [0.5, 0.6) is 0 Å². The summed E-state index contributed by atoms with van der Waals surface area (Å²) in [4.78, 5) is 13.5. The van der Waals surface area contributed by atoms with Crippen molar-refractivity contribution in [1.29, 1.82) is 0 Å². The van der Waals surface area contributed by atoms with E-state index in [-0.39, 0.29) is 18.9 Å². The molecule has 0 spiro atoms. The summed E-state index contributed by atoms with van der Waals surface area (Å²) in [6, 6.07) is -0.889. The second-order valence-electron chi connectivity index (χ2n) is 26.8. The Hall–Kier alpha value is -1.99. The fourth-order valence-corrected chi connectivity index (χ4v) is 12.7. The number of unbranched alkanes of at least 4 members (excludes halogenated alkanes) is 36. The molecular formula is C73H135NO18. The summed E-state index contributed by atoms with van der Waals surface area (Å²) in [6.45, 7) is 1.82. The molecule has 1 amide bonds. The van der Waals surface area contributed by atoms with Gasteiger partial charge in [0.2, 0.25) is 5.91 Å². The van der Waals surface area contributed by atoms with Crippen molar-refractivity contribution < 1.29 is 89.4 Å². The van der Waals surface area contributed by atoms with Crippen LogP contribution in [0.4, 0.5) is 0 Å². The van der Waals surface area contributed by atoms with Crippen molar-refractivity contribution in [2.45, 2.75) is 394 Å². The van der Waals surface area contributed by atoms with Crippen LogP contribution in [0.1, 0.15) is 290 Å². The summed E-state index contributed by atoms with van der Waals surface area (Å²) in [7, 11) is 0. The zero-order chi connectivity index (χ0) is 66.8. The highest BCUT2D eigenvalue weighted by Crippen LogP contribution is 2.33. The Morgan fingerprint density at radius 3 is 1.12 bits per heavy atom. The van der Waals surface area contributed by atoms with E-state index in [1.807, 2.05) is 0 Å². The molecule has 17 atom stereocenters. The van der Waals surface area contributed by atoms with Crippen LogP contribution in [-0.4, -0.2) is 193 Å². The molecule has 17 unspecified atom stereocenters. The Labute approximate surface area is 555 Å². The smallest absolute Gasteiger partial charge is 0.220 e. The summed E-state index contributed by atoms with van der Waals surface area (Å²) in [6.07, 6.45) is 37.8. The molecule has 19 nitrogen and oxygen atoms in total. The van der Waals surface area contributed by atoms with Gasteiger partial charge in [-0.05, 0) is 51.4 Å². The van der Waals surface area contributed by atoms with Gasteiger partial charge in [0, 0.05) is 6.42 Å². The third kappa shape index (κ3) is 36.0. The molecule has 12 N–H and O–H groups in total. The molecule has 0 aromatic rings. The molecule has 3 saturated heterocycles. The predicted octanol–water partition coefficient (Wildman–Crippen LogP) is 10.8. The molecule has 3 rings (SSSR count). The topological polar surface area (TPSA) is 307 Å². The highest BCUT2D eigenvalue weighted by molar-refractivity contribution is 5.76. The van der Waals surface area contributed by atoms with Crippen LogP contribution in [0.15, 0.2) is 36.5 Å². The quantitative estimate of drug-likeness (QED) is 0.0199. The molecule has 92 heavy (non-hydrogen) atoms. The van der Waals surface area contributed by atoms with E-state index in [0.29, 0.717) is 12.8 Å². The molecule has 3 aliphatic rings. The molecule has 19 heteroatoms. The Morgan fingerprint density at radius 2 is 0.717 bits per heavy atom. The molecule has 0 aromatic carbocycles. The van der Waals surface area contributed by atoms with Gasteiger partial charge in [-0.25, -0.2) is 0 Å². The zero-order valence-electron chi connectivity index (χ0n) is 57.3. The first-order valence-electron chi connectivity index (χ1n) is 37.2. The van der Waals surface area contributed by atoms with E-state index in [9.17, 15) is 61.0 Å². The lowest BCUT2D eigenvalue weighted by molar-refractivity contribution is -0.379. The second-order valence-corrected chi connectivity index (χ2v) is 26.8. The molecular weight excluding hydrogens is 1180 g/mol. The van der Waals surface area contributed by atoms with Crippen molar-refractivity contribution in [3.8, 4) is 0 Å². The molecule has 3 fully saturated rings. The van der Waals surface area contributed by atoms with Crippen molar-refractivity contribution >= 4 is 5.91 Å². The number of nitrogens with one attached hydrogen (secondary N) is 1. The lowest BCUT2D eigenvalue weighted by atomic mass is 9.96. The maximum absolute atomic E-state index is 13.5. The standard InChI is InChI=1S/C73H135NO18/c1-3-5-7-9-11-13-15-17-19-21-23-25-26-27-28-29-30-31-33-35-37-39-41-43-45-47-49-51-61(79)74-56(57(78)50-48-46-44-42-40-38-36-34-32-24-22-20-18-16-14-12-10-8-6-4-2)55-87-71-67(85)64(82)69(59(53-76)89-71)92-73-68(86)65(83)70(60(54-77)90-73)91-72-66(84)63(81)62(80)58(52-75)88-72/h15,17,21,23,26-27,56-60,62-73,75-78,80-86H,3-14,16,18-20,22,24-25,28-55H2,1-2H3,(H,74,79)/b17-15-,23-21-,27-26-. The van der Waals surface area contributed by atoms with E-state index < -0.39 is 124 Å². The summed E-state index contributed by atoms with van der Waals surface area (Å²) in [5.41, 5.74) is 0. The fourth-order valence-electron chi connectivity index (χ4n) is 12.7. The molecule has 0 radical (unpaired) electrons. The first-order chi connectivity index (χ1) is 44.8. The SMILES string of the molecule is CCCCCCC/C=C\C/C=C\C/C=C\CCCCCCCCCCCCCCC(=O)NC(COC1OC(CO)C(OC2OC(CO)C(OC3OC(CO)C(O)C(O)C3O)C(O)C2O)C(O)C1O)C(O)CCCCCCCCCCCCCCCCCCCCCC. The Balaban J connectivity index is 1.40. The molecule has 0 saturated carbocycles. The van der Waals surface area contributed by atoms with Gasteiger partial charge >= 0.3 is 0 Å². The largest absolute Gasteiger partial charge is 0.394 e. The van der Waals surface area contributed by atoms with Gasteiger partial charge in [-0.2, -0.15) is 0 Å². The number of allylic oxidation sites excluding steroid dienone is 6. The fraction of sp³-hybridized carbons (Fsp3) is 0.904. The number of amides is 1. The van der Waals surface area contributed by atoms with E-state index in [2.05, 4.69) is 55.6 Å². The number of ether oxygens (including phenoxy) is 6. The van der Waals surface area contributed by atoms with Gasteiger partial charge in [0.05, 0.1) is 38.6 Å². The Kier molecular flexibility index (Phi) is 50.3. The van der Waals surface area contributed by atoms with E-state index in [1.165, 1.54) is 193 Å². The van der Waals surface area contributed by atoms with Crippen molar-refractivity contribution in [3.63, 3.8) is 0 Å². The minimum atomic E-state index is -1.97. The van der Waals surface area contributed by atoms with E-state index in [4.69, 9.17) is 28.4 Å². The molecule has 0 aromatic heterocycles. The van der Waals surface area contributed by atoms with Crippen molar-refractivity contribution in [1.82, 2.24) is 5.32 Å². The number of carbonyl (C=O) groups excluding carboxylic acids is 1.